The van der Waals surface area contributed by atoms with Crippen molar-refractivity contribution in [1.82, 2.24) is 9.97 Å². The van der Waals surface area contributed by atoms with Gasteiger partial charge in [-0.25, -0.2) is 9.97 Å². The van der Waals surface area contributed by atoms with Crippen molar-refractivity contribution in [3.05, 3.63) is 11.9 Å². The zero-order valence-electron chi connectivity index (χ0n) is 10.0. The number of nitrogens with one attached hydrogen (secondary N) is 1. The average Bonchev–Trinajstić information content (AvgIpc) is 2.15. The van der Waals surface area contributed by atoms with Gasteiger partial charge < -0.3 is 10.1 Å². The van der Waals surface area contributed by atoms with E-state index in [1.165, 1.54) is 6.33 Å². The van der Waals surface area contributed by atoms with Gasteiger partial charge >= 0.3 is 0 Å². The molecular formula is C11H19N3O. The summed E-state index contributed by atoms with van der Waals surface area (Å²) in [5.74, 6) is 1.86. The van der Waals surface area contributed by atoms with Gasteiger partial charge in [-0.1, -0.05) is 13.8 Å². The summed E-state index contributed by atoms with van der Waals surface area (Å²) >= 11 is 0. The van der Waals surface area contributed by atoms with Crippen LogP contribution in [0, 0.1) is 0 Å². The molecule has 0 fully saturated rings. The zero-order valence-corrected chi connectivity index (χ0v) is 10.0. The second-order valence-electron chi connectivity index (χ2n) is 4.01. The van der Waals surface area contributed by atoms with Crippen LogP contribution in [0.4, 0.5) is 5.82 Å². The molecule has 15 heavy (non-hydrogen) atoms. The van der Waals surface area contributed by atoms with Crippen LogP contribution in [0.5, 0.6) is 5.88 Å². The highest BCUT2D eigenvalue weighted by atomic mass is 16.5. The van der Waals surface area contributed by atoms with E-state index < -0.39 is 0 Å². The van der Waals surface area contributed by atoms with Crippen molar-refractivity contribution in [2.24, 2.45) is 0 Å². The van der Waals surface area contributed by atoms with Crippen molar-refractivity contribution < 1.29 is 4.74 Å². The number of rotatable bonds is 4. The highest BCUT2D eigenvalue weighted by molar-refractivity contribution is 5.50. The molecule has 4 heteroatoms. The molecule has 0 aliphatic carbocycles. The van der Waals surface area contributed by atoms with Gasteiger partial charge in [-0.05, 0) is 19.8 Å². The average molecular weight is 209 g/mol. The van der Waals surface area contributed by atoms with E-state index >= 15 is 0 Å². The Morgan fingerprint density at radius 3 is 2.33 bits per heavy atom. The van der Waals surface area contributed by atoms with Gasteiger partial charge in [0, 0.05) is 7.05 Å². The number of aromatic nitrogens is 2. The van der Waals surface area contributed by atoms with E-state index in [2.05, 4.69) is 29.1 Å². The van der Waals surface area contributed by atoms with Crippen molar-refractivity contribution >= 4 is 5.82 Å². The standard InChI is InChI=1S/C11H19N3O/c1-7(2)9-10(12-5)13-6-14-11(9)15-8(3)4/h6-8H,1-5H3,(H,12,13,14). The molecule has 0 saturated heterocycles. The van der Waals surface area contributed by atoms with Crippen LogP contribution in [0.1, 0.15) is 39.2 Å². The summed E-state index contributed by atoms with van der Waals surface area (Å²) in [6.45, 7) is 8.19. The Morgan fingerprint density at radius 2 is 1.87 bits per heavy atom. The Labute approximate surface area is 91.1 Å². The highest BCUT2D eigenvalue weighted by Gasteiger charge is 2.15. The predicted octanol–water partition coefficient (Wildman–Crippen LogP) is 2.43. The molecular weight excluding hydrogens is 190 g/mol. The van der Waals surface area contributed by atoms with Crippen molar-refractivity contribution in [2.75, 3.05) is 12.4 Å². The molecule has 1 heterocycles. The smallest absolute Gasteiger partial charge is 0.222 e. The fraction of sp³-hybridized carbons (Fsp3) is 0.636. The van der Waals surface area contributed by atoms with Crippen LogP contribution in [-0.4, -0.2) is 23.1 Å². The quantitative estimate of drug-likeness (QED) is 0.827. The van der Waals surface area contributed by atoms with Crippen LogP contribution in [-0.2, 0) is 0 Å². The summed E-state index contributed by atoms with van der Waals surface area (Å²) in [4.78, 5) is 8.36. The van der Waals surface area contributed by atoms with Crippen molar-refractivity contribution in [3.8, 4) is 5.88 Å². The maximum Gasteiger partial charge on any atom is 0.222 e. The predicted molar refractivity (Wildman–Crippen MR) is 61.4 cm³/mol. The zero-order chi connectivity index (χ0) is 11.4. The van der Waals surface area contributed by atoms with Gasteiger partial charge in [0.05, 0.1) is 11.7 Å². The van der Waals surface area contributed by atoms with E-state index in [9.17, 15) is 0 Å². The lowest BCUT2D eigenvalue weighted by Gasteiger charge is -2.17. The monoisotopic (exact) mass is 209 g/mol. The number of nitrogens with zero attached hydrogens (tertiary/aromatic N) is 2. The molecule has 0 bridgehead atoms. The minimum absolute atomic E-state index is 0.127. The molecule has 4 nitrogen and oxygen atoms in total. The summed E-state index contributed by atoms with van der Waals surface area (Å²) in [6, 6.07) is 0. The van der Waals surface area contributed by atoms with Crippen LogP contribution in [0.2, 0.25) is 0 Å². The van der Waals surface area contributed by atoms with Crippen molar-refractivity contribution in [3.63, 3.8) is 0 Å². The Morgan fingerprint density at radius 1 is 1.20 bits per heavy atom. The minimum atomic E-state index is 0.127. The SMILES string of the molecule is CNc1ncnc(OC(C)C)c1C(C)C. The maximum atomic E-state index is 5.66. The van der Waals surface area contributed by atoms with Crippen LogP contribution in [0.15, 0.2) is 6.33 Å². The lowest BCUT2D eigenvalue weighted by Crippen LogP contribution is -2.12. The second-order valence-corrected chi connectivity index (χ2v) is 4.01. The summed E-state index contributed by atoms with van der Waals surface area (Å²) < 4.78 is 5.66. The third kappa shape index (κ3) is 2.81. The van der Waals surface area contributed by atoms with Gasteiger partial charge in [0.2, 0.25) is 5.88 Å². The fourth-order valence-electron chi connectivity index (χ4n) is 1.42. The third-order valence-corrected chi connectivity index (χ3v) is 2.01. The van der Waals surface area contributed by atoms with Crippen LogP contribution < -0.4 is 10.1 Å². The first-order chi connectivity index (χ1) is 7.06. The molecule has 0 unspecified atom stereocenters. The van der Waals surface area contributed by atoms with Gasteiger partial charge in [0.25, 0.3) is 0 Å². The molecule has 0 radical (unpaired) electrons. The number of hydrogen-bond acceptors (Lipinski definition) is 4. The van der Waals surface area contributed by atoms with E-state index in [4.69, 9.17) is 4.74 Å². The number of hydrogen-bond donors (Lipinski definition) is 1. The molecule has 0 aliphatic rings. The molecule has 0 aromatic carbocycles. The Bertz CT molecular complexity index is 324. The Hall–Kier alpha value is -1.32. The maximum absolute atomic E-state index is 5.66. The molecule has 0 saturated carbocycles. The molecule has 84 valence electrons. The van der Waals surface area contributed by atoms with Crippen LogP contribution in [0.3, 0.4) is 0 Å². The van der Waals surface area contributed by atoms with E-state index in [1.54, 1.807) is 0 Å². The molecule has 1 rings (SSSR count). The first-order valence-electron chi connectivity index (χ1n) is 5.25. The lowest BCUT2D eigenvalue weighted by atomic mass is 10.1. The summed E-state index contributed by atoms with van der Waals surface area (Å²) in [6.07, 6.45) is 1.65. The fourth-order valence-corrected chi connectivity index (χ4v) is 1.42. The molecule has 1 N–H and O–H groups in total. The lowest BCUT2D eigenvalue weighted by molar-refractivity contribution is 0.229. The summed E-state index contributed by atoms with van der Waals surface area (Å²) in [5, 5.41) is 3.06. The Balaban J connectivity index is 3.13. The molecule has 0 spiro atoms. The number of anilines is 1. The van der Waals surface area contributed by atoms with Crippen molar-refractivity contribution in [2.45, 2.75) is 39.7 Å². The third-order valence-electron chi connectivity index (χ3n) is 2.01. The number of ether oxygens (including phenoxy) is 1. The molecule has 1 aromatic heterocycles. The minimum Gasteiger partial charge on any atom is -0.475 e. The first-order valence-corrected chi connectivity index (χ1v) is 5.25. The second kappa shape index (κ2) is 4.96. The first kappa shape index (κ1) is 11.8. The van der Waals surface area contributed by atoms with Crippen LogP contribution >= 0.6 is 0 Å². The highest BCUT2D eigenvalue weighted by Crippen LogP contribution is 2.29. The van der Waals surface area contributed by atoms with E-state index in [0.717, 1.165) is 11.4 Å². The van der Waals surface area contributed by atoms with Gasteiger partial charge in [-0.3, -0.25) is 0 Å². The molecule has 1 aromatic rings. The summed E-state index contributed by atoms with van der Waals surface area (Å²) in [5.41, 5.74) is 1.04. The van der Waals surface area contributed by atoms with E-state index in [0.29, 0.717) is 11.8 Å². The largest absolute Gasteiger partial charge is 0.475 e. The van der Waals surface area contributed by atoms with Crippen LogP contribution in [0.25, 0.3) is 0 Å². The van der Waals surface area contributed by atoms with Gasteiger partial charge in [0.1, 0.15) is 12.1 Å². The van der Waals surface area contributed by atoms with E-state index in [1.807, 2.05) is 20.9 Å². The topological polar surface area (TPSA) is 47.0 Å². The molecule has 0 aliphatic heterocycles. The normalized spacial score (nSPS) is 10.9. The summed E-state index contributed by atoms with van der Waals surface area (Å²) in [7, 11) is 1.85. The van der Waals surface area contributed by atoms with Gasteiger partial charge in [0.15, 0.2) is 0 Å². The molecule has 0 amide bonds. The van der Waals surface area contributed by atoms with Gasteiger partial charge in [-0.2, -0.15) is 0 Å². The Kier molecular flexibility index (Phi) is 3.88. The van der Waals surface area contributed by atoms with Crippen molar-refractivity contribution in [1.29, 1.82) is 0 Å². The molecule has 0 atom stereocenters. The van der Waals surface area contributed by atoms with Gasteiger partial charge in [-0.15, -0.1) is 0 Å². The van der Waals surface area contributed by atoms with E-state index in [-0.39, 0.29) is 6.10 Å².